The molecule has 0 radical (unpaired) electrons. The number of nitrogens with one attached hydrogen (secondary N) is 2. The Hall–Kier alpha value is -1.96. The quantitative estimate of drug-likeness (QED) is 0.792. The second kappa shape index (κ2) is 5.44. The summed E-state index contributed by atoms with van der Waals surface area (Å²) in [6.07, 6.45) is 3.67. The molecule has 114 valence electrons. The van der Waals surface area contributed by atoms with Gasteiger partial charge in [-0.1, -0.05) is 5.16 Å². The molecule has 0 saturated carbocycles. The van der Waals surface area contributed by atoms with Crippen molar-refractivity contribution in [3.63, 3.8) is 0 Å². The summed E-state index contributed by atoms with van der Waals surface area (Å²) in [6.45, 7) is 1.97. The summed E-state index contributed by atoms with van der Waals surface area (Å²) in [6, 6.07) is 0. The number of hydrogen-bond acceptors (Lipinski definition) is 6. The molecule has 2 amide bonds. The fraction of sp³-hybridized carbons (Fsp3) is 0.692. The highest BCUT2D eigenvalue weighted by Crippen LogP contribution is 2.36. The predicted octanol–water partition coefficient (Wildman–Crippen LogP) is -0.326. The number of carbonyl (C=O) groups is 2. The number of rotatable bonds is 3. The van der Waals surface area contributed by atoms with E-state index in [4.69, 9.17) is 4.52 Å². The van der Waals surface area contributed by atoms with Gasteiger partial charge in [0, 0.05) is 13.6 Å². The molecule has 0 aromatic carbocycles. The molecular weight excluding hydrogens is 274 g/mol. The lowest BCUT2D eigenvalue weighted by Gasteiger charge is -2.39. The molecule has 0 bridgehead atoms. The van der Waals surface area contributed by atoms with Gasteiger partial charge in [0.05, 0.1) is 6.54 Å². The van der Waals surface area contributed by atoms with Gasteiger partial charge in [-0.2, -0.15) is 4.98 Å². The molecular formula is C13H19N5O3. The molecule has 2 fully saturated rings. The van der Waals surface area contributed by atoms with Crippen LogP contribution in [0.1, 0.15) is 42.2 Å². The topological polar surface area (TPSA) is 100 Å². The molecule has 8 nitrogen and oxygen atoms in total. The molecule has 3 rings (SSSR count). The van der Waals surface area contributed by atoms with Crippen molar-refractivity contribution in [3.8, 4) is 0 Å². The second-order valence-electron chi connectivity index (χ2n) is 5.51. The zero-order valence-electron chi connectivity index (χ0n) is 12.0. The SMILES string of the molecule is CNC(=O)c1noc(CN2CCCC23CCCNC3=O)n1. The van der Waals surface area contributed by atoms with Gasteiger partial charge in [-0.05, 0) is 32.2 Å². The van der Waals surface area contributed by atoms with E-state index in [1.807, 2.05) is 0 Å². The van der Waals surface area contributed by atoms with Crippen molar-refractivity contribution in [1.82, 2.24) is 25.7 Å². The van der Waals surface area contributed by atoms with Gasteiger partial charge in [-0.3, -0.25) is 14.5 Å². The second-order valence-corrected chi connectivity index (χ2v) is 5.51. The van der Waals surface area contributed by atoms with Crippen LogP contribution in [0.2, 0.25) is 0 Å². The summed E-state index contributed by atoms with van der Waals surface area (Å²) in [5, 5.41) is 9.06. The maximum atomic E-state index is 12.3. The third kappa shape index (κ3) is 2.39. The number of amides is 2. The Balaban J connectivity index is 1.76. The maximum absolute atomic E-state index is 12.3. The van der Waals surface area contributed by atoms with Gasteiger partial charge in [-0.15, -0.1) is 0 Å². The Kier molecular flexibility index (Phi) is 3.62. The van der Waals surface area contributed by atoms with E-state index in [1.54, 1.807) is 0 Å². The minimum Gasteiger partial charge on any atom is -0.354 e. The van der Waals surface area contributed by atoms with E-state index in [2.05, 4.69) is 25.7 Å². The Morgan fingerprint density at radius 1 is 1.48 bits per heavy atom. The predicted molar refractivity (Wildman–Crippen MR) is 72.3 cm³/mol. The van der Waals surface area contributed by atoms with Crippen molar-refractivity contribution in [2.75, 3.05) is 20.1 Å². The molecule has 0 aliphatic carbocycles. The Labute approximate surface area is 122 Å². The van der Waals surface area contributed by atoms with Gasteiger partial charge in [-0.25, -0.2) is 0 Å². The number of piperidine rings is 1. The molecule has 2 aliphatic rings. The van der Waals surface area contributed by atoms with Crippen LogP contribution in [0.25, 0.3) is 0 Å². The molecule has 3 heterocycles. The smallest absolute Gasteiger partial charge is 0.292 e. The molecule has 2 N–H and O–H groups in total. The van der Waals surface area contributed by atoms with Gasteiger partial charge in [0.25, 0.3) is 11.7 Å². The number of carbonyl (C=O) groups excluding carboxylic acids is 2. The summed E-state index contributed by atoms with van der Waals surface area (Å²) in [7, 11) is 1.51. The standard InChI is InChI=1S/C13H19N5O3/c1-14-11(19)10-16-9(21-17-10)8-18-7-3-5-13(18)4-2-6-15-12(13)20/h2-8H2,1H3,(H,14,19)(H,15,20). The maximum Gasteiger partial charge on any atom is 0.292 e. The summed E-state index contributed by atoms with van der Waals surface area (Å²) < 4.78 is 5.12. The molecule has 1 unspecified atom stereocenters. The first-order valence-corrected chi connectivity index (χ1v) is 7.24. The van der Waals surface area contributed by atoms with E-state index in [9.17, 15) is 9.59 Å². The van der Waals surface area contributed by atoms with Crippen LogP contribution in [0.5, 0.6) is 0 Å². The highest BCUT2D eigenvalue weighted by molar-refractivity contribution is 5.90. The van der Waals surface area contributed by atoms with Crippen molar-refractivity contribution in [3.05, 3.63) is 11.7 Å². The Morgan fingerprint density at radius 2 is 2.29 bits per heavy atom. The first-order valence-electron chi connectivity index (χ1n) is 7.24. The van der Waals surface area contributed by atoms with E-state index < -0.39 is 5.54 Å². The number of hydrogen-bond donors (Lipinski definition) is 2. The molecule has 2 saturated heterocycles. The van der Waals surface area contributed by atoms with Crippen molar-refractivity contribution in [2.45, 2.75) is 37.8 Å². The van der Waals surface area contributed by atoms with Gasteiger partial charge in [0.2, 0.25) is 11.8 Å². The van der Waals surface area contributed by atoms with Crippen LogP contribution in [0.3, 0.4) is 0 Å². The summed E-state index contributed by atoms with van der Waals surface area (Å²) in [4.78, 5) is 29.9. The summed E-state index contributed by atoms with van der Waals surface area (Å²) >= 11 is 0. The molecule has 1 atom stereocenters. The summed E-state index contributed by atoms with van der Waals surface area (Å²) in [5.74, 6) is 0.107. The molecule has 1 spiro atoms. The number of aromatic nitrogens is 2. The Bertz CT molecular complexity index is 558. The zero-order valence-corrected chi connectivity index (χ0v) is 12.0. The molecule has 1 aromatic heterocycles. The molecule has 21 heavy (non-hydrogen) atoms. The average Bonchev–Trinajstić information content (AvgIpc) is 3.11. The third-order valence-corrected chi connectivity index (χ3v) is 4.32. The van der Waals surface area contributed by atoms with E-state index in [1.165, 1.54) is 7.05 Å². The lowest BCUT2D eigenvalue weighted by molar-refractivity contribution is -0.135. The van der Waals surface area contributed by atoms with Crippen LogP contribution >= 0.6 is 0 Å². The Morgan fingerprint density at radius 3 is 3.05 bits per heavy atom. The van der Waals surface area contributed by atoms with Crippen LogP contribution < -0.4 is 10.6 Å². The molecule has 8 heteroatoms. The lowest BCUT2D eigenvalue weighted by Crippen LogP contribution is -2.58. The fourth-order valence-electron chi connectivity index (χ4n) is 3.25. The van der Waals surface area contributed by atoms with Gasteiger partial charge < -0.3 is 15.2 Å². The minimum absolute atomic E-state index is 0.0221. The average molecular weight is 293 g/mol. The monoisotopic (exact) mass is 293 g/mol. The molecule has 2 aliphatic heterocycles. The lowest BCUT2D eigenvalue weighted by atomic mass is 9.86. The van der Waals surface area contributed by atoms with E-state index in [-0.39, 0.29) is 17.6 Å². The first kappa shape index (κ1) is 14.0. The zero-order chi connectivity index (χ0) is 14.9. The van der Waals surface area contributed by atoms with E-state index in [0.717, 1.165) is 38.8 Å². The van der Waals surface area contributed by atoms with Crippen molar-refractivity contribution in [1.29, 1.82) is 0 Å². The fourth-order valence-corrected chi connectivity index (χ4v) is 3.25. The largest absolute Gasteiger partial charge is 0.354 e. The van der Waals surface area contributed by atoms with Gasteiger partial charge in [0.1, 0.15) is 5.54 Å². The number of nitrogens with zero attached hydrogens (tertiary/aromatic N) is 3. The van der Waals surface area contributed by atoms with Crippen molar-refractivity contribution in [2.24, 2.45) is 0 Å². The van der Waals surface area contributed by atoms with Crippen LogP contribution in [0, 0.1) is 0 Å². The van der Waals surface area contributed by atoms with Crippen LogP contribution in [0.4, 0.5) is 0 Å². The van der Waals surface area contributed by atoms with Gasteiger partial charge >= 0.3 is 0 Å². The van der Waals surface area contributed by atoms with E-state index >= 15 is 0 Å². The number of likely N-dealkylation sites (tertiary alicyclic amines) is 1. The van der Waals surface area contributed by atoms with Crippen LogP contribution in [-0.2, 0) is 11.3 Å². The van der Waals surface area contributed by atoms with Gasteiger partial charge in [0.15, 0.2) is 0 Å². The molecule has 1 aromatic rings. The highest BCUT2D eigenvalue weighted by Gasteiger charge is 2.48. The van der Waals surface area contributed by atoms with Crippen LogP contribution in [-0.4, -0.2) is 52.5 Å². The summed E-state index contributed by atoms with van der Waals surface area (Å²) in [5.41, 5.74) is -0.445. The van der Waals surface area contributed by atoms with Crippen molar-refractivity contribution >= 4 is 11.8 Å². The normalized spacial score (nSPS) is 26.0. The van der Waals surface area contributed by atoms with Crippen LogP contribution in [0.15, 0.2) is 4.52 Å². The van der Waals surface area contributed by atoms with E-state index in [0.29, 0.717) is 12.4 Å². The third-order valence-electron chi connectivity index (χ3n) is 4.32. The first-order chi connectivity index (χ1) is 10.2. The highest BCUT2D eigenvalue weighted by atomic mass is 16.5. The minimum atomic E-state index is -0.445. The van der Waals surface area contributed by atoms with Crippen molar-refractivity contribution < 1.29 is 14.1 Å².